The molecule has 28 heavy (non-hydrogen) atoms. The van der Waals surface area contributed by atoms with Gasteiger partial charge in [-0.3, -0.25) is 9.59 Å². The summed E-state index contributed by atoms with van der Waals surface area (Å²) in [6.07, 6.45) is 4.14. The molecule has 1 aromatic carbocycles. The van der Waals surface area contributed by atoms with Crippen molar-refractivity contribution in [2.75, 3.05) is 7.05 Å². The van der Waals surface area contributed by atoms with Gasteiger partial charge in [0.25, 0.3) is 5.91 Å². The summed E-state index contributed by atoms with van der Waals surface area (Å²) in [4.78, 5) is 26.2. The Balaban J connectivity index is 1.93. The minimum Gasteiger partial charge on any atom is -0.451 e. The second-order valence-electron chi connectivity index (χ2n) is 7.12. The van der Waals surface area contributed by atoms with Gasteiger partial charge in [0.1, 0.15) is 11.9 Å². The highest BCUT2D eigenvalue weighted by molar-refractivity contribution is 7.89. The summed E-state index contributed by atoms with van der Waals surface area (Å²) >= 11 is 0. The quantitative estimate of drug-likeness (QED) is 0.691. The molecule has 1 aliphatic carbocycles. The number of hydrogen-bond acceptors (Lipinski definition) is 5. The lowest BCUT2D eigenvalue weighted by molar-refractivity contribution is -0.160. The topological polar surface area (TPSA) is 92.8 Å². The van der Waals surface area contributed by atoms with Crippen LogP contribution in [0.5, 0.6) is 0 Å². The van der Waals surface area contributed by atoms with Gasteiger partial charge in [0.05, 0.1) is 4.90 Å². The molecule has 0 aromatic heterocycles. The average Bonchev–Trinajstić information content (AvgIpc) is 2.67. The molecule has 2 rings (SSSR count). The van der Waals surface area contributed by atoms with Gasteiger partial charge in [-0.05, 0) is 51.0 Å². The first-order chi connectivity index (χ1) is 13.1. The van der Waals surface area contributed by atoms with Gasteiger partial charge in [0, 0.05) is 13.1 Å². The second-order valence-corrected chi connectivity index (χ2v) is 8.83. The van der Waals surface area contributed by atoms with Crippen LogP contribution in [0.1, 0.15) is 46.0 Å². The fourth-order valence-corrected chi connectivity index (χ4v) is 4.42. The van der Waals surface area contributed by atoms with Crippen molar-refractivity contribution in [2.24, 2.45) is 0 Å². The Morgan fingerprint density at radius 3 is 2.29 bits per heavy atom. The number of benzene rings is 1. The first-order valence-corrected chi connectivity index (χ1v) is 10.8. The maximum absolute atomic E-state index is 13.0. The molecule has 2 unspecified atom stereocenters. The van der Waals surface area contributed by atoms with Crippen molar-refractivity contribution in [3.8, 4) is 0 Å². The van der Waals surface area contributed by atoms with E-state index in [1.165, 1.54) is 13.8 Å². The number of nitrogens with one attached hydrogen (secondary N) is 1. The van der Waals surface area contributed by atoms with Gasteiger partial charge in [0.15, 0.2) is 6.10 Å². The van der Waals surface area contributed by atoms with Crippen molar-refractivity contribution in [3.05, 3.63) is 30.1 Å². The number of carbonyl (C=O) groups is 2. The molecule has 1 saturated carbocycles. The zero-order valence-corrected chi connectivity index (χ0v) is 17.2. The zero-order valence-electron chi connectivity index (χ0n) is 16.4. The SMILES string of the molecule is CC(NS(=O)(=O)c1ccc(F)cc1)C(=O)OC(C)C(=O)N(C)C1CCCCC1. The van der Waals surface area contributed by atoms with Crippen molar-refractivity contribution < 1.29 is 27.1 Å². The van der Waals surface area contributed by atoms with Crippen LogP contribution in [0.3, 0.4) is 0 Å². The predicted molar refractivity (Wildman–Crippen MR) is 101 cm³/mol. The molecule has 1 amide bonds. The molecule has 1 aliphatic rings. The monoisotopic (exact) mass is 414 g/mol. The molecule has 0 heterocycles. The number of nitrogens with zero attached hydrogens (tertiary/aromatic N) is 1. The summed E-state index contributed by atoms with van der Waals surface area (Å²) in [5.74, 6) is -1.74. The highest BCUT2D eigenvalue weighted by atomic mass is 32.2. The smallest absolute Gasteiger partial charge is 0.324 e. The fraction of sp³-hybridized carbons (Fsp3) is 0.579. The number of halogens is 1. The van der Waals surface area contributed by atoms with Gasteiger partial charge in [0.2, 0.25) is 10.0 Å². The molecule has 0 aliphatic heterocycles. The zero-order chi connectivity index (χ0) is 20.9. The molecule has 0 spiro atoms. The molecule has 0 saturated heterocycles. The lowest BCUT2D eigenvalue weighted by Gasteiger charge is -2.32. The maximum atomic E-state index is 13.0. The lowest BCUT2D eigenvalue weighted by Crippen LogP contribution is -2.46. The van der Waals surface area contributed by atoms with E-state index in [9.17, 15) is 22.4 Å². The number of ether oxygens (including phenoxy) is 1. The van der Waals surface area contributed by atoms with Gasteiger partial charge in [-0.25, -0.2) is 12.8 Å². The van der Waals surface area contributed by atoms with Gasteiger partial charge in [-0.2, -0.15) is 4.72 Å². The normalized spacial score (nSPS) is 17.6. The summed E-state index contributed by atoms with van der Waals surface area (Å²) in [5, 5.41) is 0. The number of carbonyl (C=O) groups excluding carboxylic acids is 2. The Morgan fingerprint density at radius 2 is 1.71 bits per heavy atom. The Labute approximate surface area is 165 Å². The molecule has 1 aromatic rings. The van der Waals surface area contributed by atoms with E-state index in [1.807, 2.05) is 0 Å². The minimum absolute atomic E-state index is 0.136. The number of likely N-dealkylation sites (N-methyl/N-ethyl adjacent to an activating group) is 1. The van der Waals surface area contributed by atoms with Crippen molar-refractivity contribution in [2.45, 2.75) is 69.0 Å². The highest BCUT2D eigenvalue weighted by Crippen LogP contribution is 2.22. The van der Waals surface area contributed by atoms with Crippen molar-refractivity contribution >= 4 is 21.9 Å². The third-order valence-corrected chi connectivity index (χ3v) is 6.48. The summed E-state index contributed by atoms with van der Waals surface area (Å²) in [7, 11) is -2.33. The third-order valence-electron chi connectivity index (χ3n) is 4.92. The number of sulfonamides is 1. The molecule has 0 radical (unpaired) electrons. The van der Waals surface area contributed by atoms with E-state index in [1.54, 1.807) is 11.9 Å². The minimum atomic E-state index is -4.02. The van der Waals surface area contributed by atoms with Crippen LogP contribution in [0, 0.1) is 5.82 Å². The maximum Gasteiger partial charge on any atom is 0.324 e. The van der Waals surface area contributed by atoms with Crippen LogP contribution >= 0.6 is 0 Å². The number of amides is 1. The van der Waals surface area contributed by atoms with Crippen LogP contribution in [0.15, 0.2) is 29.2 Å². The molecule has 1 N–H and O–H groups in total. The van der Waals surface area contributed by atoms with E-state index in [0.29, 0.717) is 0 Å². The van der Waals surface area contributed by atoms with Crippen molar-refractivity contribution in [3.63, 3.8) is 0 Å². The second kappa shape index (κ2) is 9.47. The van der Waals surface area contributed by atoms with Gasteiger partial charge in [-0.1, -0.05) is 19.3 Å². The molecule has 0 bridgehead atoms. The van der Waals surface area contributed by atoms with Crippen LogP contribution in [-0.2, 0) is 24.3 Å². The molecule has 2 atom stereocenters. The van der Waals surface area contributed by atoms with Gasteiger partial charge < -0.3 is 9.64 Å². The number of rotatable bonds is 7. The van der Waals surface area contributed by atoms with Crippen LogP contribution < -0.4 is 4.72 Å². The number of esters is 1. The molecule has 7 nitrogen and oxygen atoms in total. The fourth-order valence-electron chi connectivity index (χ4n) is 3.22. The third kappa shape index (κ3) is 5.75. The van der Waals surface area contributed by atoms with Crippen molar-refractivity contribution in [1.29, 1.82) is 0 Å². The van der Waals surface area contributed by atoms with E-state index in [2.05, 4.69) is 4.72 Å². The van der Waals surface area contributed by atoms with Gasteiger partial charge >= 0.3 is 5.97 Å². The highest BCUT2D eigenvalue weighted by Gasteiger charge is 2.30. The molecule has 156 valence electrons. The van der Waals surface area contributed by atoms with E-state index in [4.69, 9.17) is 4.74 Å². The first kappa shape index (κ1) is 22.3. The van der Waals surface area contributed by atoms with E-state index in [0.717, 1.165) is 56.4 Å². The van der Waals surface area contributed by atoms with E-state index >= 15 is 0 Å². The lowest BCUT2D eigenvalue weighted by atomic mass is 9.94. The van der Waals surface area contributed by atoms with Crippen molar-refractivity contribution in [1.82, 2.24) is 9.62 Å². The van der Waals surface area contributed by atoms with E-state index in [-0.39, 0.29) is 16.8 Å². The molecule has 9 heteroatoms. The molecule has 1 fully saturated rings. The Morgan fingerprint density at radius 1 is 1.14 bits per heavy atom. The summed E-state index contributed by atoms with van der Waals surface area (Å²) in [6.45, 7) is 2.80. The summed E-state index contributed by atoms with van der Waals surface area (Å²) < 4.78 is 44.9. The molecular weight excluding hydrogens is 387 g/mol. The summed E-state index contributed by atoms with van der Waals surface area (Å²) in [5.41, 5.74) is 0. The van der Waals surface area contributed by atoms with Gasteiger partial charge in [-0.15, -0.1) is 0 Å². The Hall–Kier alpha value is -2.00. The standard InChI is InChI=1S/C19H27FN2O5S/c1-13(21-28(25,26)17-11-9-15(20)10-12-17)19(24)27-14(2)18(23)22(3)16-7-5-4-6-8-16/h9-14,16,21H,4-8H2,1-3H3. The van der Waals surface area contributed by atoms with Crippen LogP contribution in [0.25, 0.3) is 0 Å². The first-order valence-electron chi connectivity index (χ1n) is 9.37. The van der Waals surface area contributed by atoms with Crippen LogP contribution in [0.4, 0.5) is 4.39 Å². The van der Waals surface area contributed by atoms with Crippen LogP contribution in [-0.4, -0.2) is 50.4 Å². The Bertz CT molecular complexity index is 791. The van der Waals surface area contributed by atoms with E-state index < -0.39 is 34.0 Å². The average molecular weight is 414 g/mol. The largest absolute Gasteiger partial charge is 0.451 e. The van der Waals surface area contributed by atoms with Crippen LogP contribution in [0.2, 0.25) is 0 Å². The molecular formula is C19H27FN2O5S. The Kier molecular flexibility index (Phi) is 7.54. The summed E-state index contributed by atoms with van der Waals surface area (Å²) in [6, 6.07) is 3.16. The predicted octanol–water partition coefficient (Wildman–Crippen LogP) is 2.22. The number of hydrogen-bond donors (Lipinski definition) is 1.